The lowest BCUT2D eigenvalue weighted by molar-refractivity contribution is -0.157. The van der Waals surface area contributed by atoms with E-state index in [-0.39, 0.29) is 30.2 Å². The Morgan fingerprint density at radius 1 is 1.08 bits per heavy atom. The summed E-state index contributed by atoms with van der Waals surface area (Å²) in [7, 11) is 0. The standard InChI is InChI=1S/C31H51N3O5/c1-8-13-14-20-33(19-11-4)29(38)26-31-16-15-30(7,39-31)24(27(36)32(17-9-2)18-10-3)25(31)28(37)34(26)23(21-35)22(6)12-5/h9,11,22-26,35H,2,4,8,10,12-21H2,1,3,5-7H3/t22-,23-,24+,25-,26?,30-,31?/m0/s1. The van der Waals surface area contributed by atoms with Crippen molar-refractivity contribution in [2.24, 2.45) is 17.8 Å². The summed E-state index contributed by atoms with van der Waals surface area (Å²) in [6, 6.07) is -1.43. The van der Waals surface area contributed by atoms with E-state index in [1.54, 1.807) is 26.9 Å². The van der Waals surface area contributed by atoms with Crippen molar-refractivity contribution in [2.45, 2.75) is 103 Å². The zero-order valence-corrected chi connectivity index (χ0v) is 24.9. The highest BCUT2D eigenvalue weighted by Crippen LogP contribution is 2.64. The molecule has 1 N–H and O–H groups in total. The fourth-order valence-corrected chi connectivity index (χ4v) is 7.28. The molecule has 3 aliphatic heterocycles. The van der Waals surface area contributed by atoms with Gasteiger partial charge in [-0.05, 0) is 38.5 Å². The van der Waals surface area contributed by atoms with Gasteiger partial charge in [0, 0.05) is 26.2 Å². The Morgan fingerprint density at radius 3 is 2.26 bits per heavy atom. The van der Waals surface area contributed by atoms with Gasteiger partial charge in [0.25, 0.3) is 0 Å². The second-order valence-electron chi connectivity index (χ2n) is 12.0. The molecule has 0 aromatic rings. The molecule has 0 radical (unpaired) electrons. The Bertz CT molecular complexity index is 924. The van der Waals surface area contributed by atoms with E-state index >= 15 is 0 Å². The van der Waals surface area contributed by atoms with E-state index in [0.717, 1.165) is 32.1 Å². The van der Waals surface area contributed by atoms with Crippen molar-refractivity contribution in [1.29, 1.82) is 0 Å². The molecule has 0 aromatic heterocycles. The van der Waals surface area contributed by atoms with Gasteiger partial charge in [-0.3, -0.25) is 14.4 Å². The number of amides is 3. The average molecular weight is 546 g/mol. The summed E-state index contributed by atoms with van der Waals surface area (Å²) in [6.07, 6.45) is 8.97. The highest BCUT2D eigenvalue weighted by molar-refractivity contribution is 5.99. The molecule has 3 rings (SSSR count). The van der Waals surface area contributed by atoms with Crippen molar-refractivity contribution in [3.05, 3.63) is 25.3 Å². The first-order chi connectivity index (χ1) is 18.6. The van der Waals surface area contributed by atoms with Gasteiger partial charge < -0.3 is 24.5 Å². The molecule has 7 atom stereocenters. The fraction of sp³-hybridized carbons (Fsp3) is 0.774. The van der Waals surface area contributed by atoms with Crippen LogP contribution in [0.25, 0.3) is 0 Å². The number of hydrogen-bond acceptors (Lipinski definition) is 5. The van der Waals surface area contributed by atoms with E-state index in [1.807, 2.05) is 27.7 Å². The minimum Gasteiger partial charge on any atom is -0.394 e. The number of nitrogens with zero attached hydrogens (tertiary/aromatic N) is 3. The molecular weight excluding hydrogens is 494 g/mol. The van der Waals surface area contributed by atoms with Gasteiger partial charge in [-0.2, -0.15) is 0 Å². The SMILES string of the molecule is C=CCN(CCCCC)C(=O)C1N([C@@H](CO)[C@@H](C)CC)C(=O)[C@@H]2[C@H](C(=O)N(CC=C)CCC)[C@]3(C)CCC12O3. The van der Waals surface area contributed by atoms with Crippen LogP contribution in [0.2, 0.25) is 0 Å². The molecular formula is C31H51N3O5. The maximum Gasteiger partial charge on any atom is 0.248 e. The van der Waals surface area contributed by atoms with Crippen LogP contribution in [0.4, 0.5) is 0 Å². The lowest BCUT2D eigenvalue weighted by atomic mass is 9.66. The van der Waals surface area contributed by atoms with Gasteiger partial charge in [0.2, 0.25) is 17.7 Å². The first-order valence-electron chi connectivity index (χ1n) is 15.0. The largest absolute Gasteiger partial charge is 0.394 e. The topological polar surface area (TPSA) is 90.4 Å². The minimum absolute atomic E-state index is 0.0308. The molecule has 1 spiro atoms. The summed E-state index contributed by atoms with van der Waals surface area (Å²) in [5.41, 5.74) is -1.92. The van der Waals surface area contributed by atoms with Gasteiger partial charge in [-0.25, -0.2) is 0 Å². The second-order valence-corrected chi connectivity index (χ2v) is 12.0. The quantitative estimate of drug-likeness (QED) is 0.235. The van der Waals surface area contributed by atoms with Crippen molar-refractivity contribution < 1.29 is 24.2 Å². The first-order valence-corrected chi connectivity index (χ1v) is 15.0. The van der Waals surface area contributed by atoms with E-state index in [0.29, 0.717) is 39.0 Å². The number of fused-ring (bicyclic) bond motifs is 1. The maximum absolute atomic E-state index is 14.5. The van der Waals surface area contributed by atoms with Crippen molar-refractivity contribution in [1.82, 2.24) is 14.7 Å². The van der Waals surface area contributed by atoms with Crippen LogP contribution < -0.4 is 0 Å². The van der Waals surface area contributed by atoms with Gasteiger partial charge >= 0.3 is 0 Å². The van der Waals surface area contributed by atoms with Crippen LogP contribution in [0.15, 0.2) is 25.3 Å². The Kier molecular flexibility index (Phi) is 10.4. The molecule has 0 aliphatic carbocycles. The number of carbonyl (C=O) groups is 3. The van der Waals surface area contributed by atoms with E-state index in [4.69, 9.17) is 4.74 Å². The summed E-state index contributed by atoms with van der Waals surface area (Å²) < 4.78 is 6.82. The van der Waals surface area contributed by atoms with Gasteiger partial charge in [0.1, 0.15) is 11.6 Å². The average Bonchev–Trinajstić information content (AvgIpc) is 3.48. The van der Waals surface area contributed by atoms with Crippen molar-refractivity contribution in [2.75, 3.05) is 32.8 Å². The molecule has 0 aromatic carbocycles. The molecule has 3 aliphatic rings. The Hall–Kier alpha value is -2.19. The summed E-state index contributed by atoms with van der Waals surface area (Å²) in [5.74, 6) is -2.00. The summed E-state index contributed by atoms with van der Waals surface area (Å²) in [4.78, 5) is 48.2. The number of rotatable bonds is 16. The molecule has 8 heteroatoms. The molecule has 0 saturated carbocycles. The predicted molar refractivity (Wildman–Crippen MR) is 153 cm³/mol. The van der Waals surface area contributed by atoms with Crippen molar-refractivity contribution >= 4 is 17.7 Å². The molecule has 3 heterocycles. The number of unbranched alkanes of at least 4 members (excludes halogenated alkanes) is 2. The van der Waals surface area contributed by atoms with E-state index in [2.05, 4.69) is 20.1 Å². The number of likely N-dealkylation sites (tertiary alicyclic amines) is 1. The molecule has 2 bridgehead atoms. The molecule has 3 amide bonds. The maximum atomic E-state index is 14.5. The third-order valence-electron chi connectivity index (χ3n) is 9.41. The van der Waals surface area contributed by atoms with Crippen LogP contribution in [0, 0.1) is 17.8 Å². The Labute approximate surface area is 235 Å². The van der Waals surface area contributed by atoms with Gasteiger partial charge in [0.05, 0.1) is 30.1 Å². The molecule has 8 nitrogen and oxygen atoms in total. The van der Waals surface area contributed by atoms with Crippen molar-refractivity contribution in [3.63, 3.8) is 0 Å². The highest BCUT2D eigenvalue weighted by atomic mass is 16.5. The normalized spacial score (nSPS) is 30.7. The predicted octanol–water partition coefficient (Wildman–Crippen LogP) is 3.79. The lowest BCUT2D eigenvalue weighted by Crippen LogP contribution is -2.60. The molecule has 2 unspecified atom stereocenters. The zero-order valence-electron chi connectivity index (χ0n) is 24.9. The van der Waals surface area contributed by atoms with Crippen LogP contribution in [0.5, 0.6) is 0 Å². The first kappa shape index (κ1) is 31.3. The second kappa shape index (κ2) is 13.0. The third-order valence-corrected chi connectivity index (χ3v) is 9.41. The lowest BCUT2D eigenvalue weighted by Gasteiger charge is -2.41. The van der Waals surface area contributed by atoms with E-state index in [1.165, 1.54) is 0 Å². The fourth-order valence-electron chi connectivity index (χ4n) is 7.28. The van der Waals surface area contributed by atoms with Gasteiger partial charge in [-0.1, -0.05) is 59.1 Å². The molecule has 220 valence electrons. The van der Waals surface area contributed by atoms with E-state index in [9.17, 15) is 19.5 Å². The molecule has 3 saturated heterocycles. The highest BCUT2D eigenvalue weighted by Gasteiger charge is 2.79. The van der Waals surface area contributed by atoms with E-state index < -0.39 is 35.1 Å². The van der Waals surface area contributed by atoms with Crippen LogP contribution in [0.1, 0.15) is 79.6 Å². The van der Waals surface area contributed by atoms with Crippen molar-refractivity contribution in [3.8, 4) is 0 Å². The van der Waals surface area contributed by atoms with Gasteiger partial charge in [-0.15, -0.1) is 13.2 Å². The zero-order chi connectivity index (χ0) is 29.0. The number of hydrogen-bond donors (Lipinski definition) is 1. The summed E-state index contributed by atoms with van der Waals surface area (Å²) in [5, 5.41) is 10.5. The monoisotopic (exact) mass is 545 g/mol. The van der Waals surface area contributed by atoms with Crippen LogP contribution in [-0.2, 0) is 19.1 Å². The minimum atomic E-state index is -1.10. The van der Waals surface area contributed by atoms with Crippen LogP contribution in [0.3, 0.4) is 0 Å². The summed E-state index contributed by atoms with van der Waals surface area (Å²) in [6.45, 7) is 19.4. The Morgan fingerprint density at radius 2 is 1.72 bits per heavy atom. The van der Waals surface area contributed by atoms with Crippen LogP contribution >= 0.6 is 0 Å². The number of aliphatic hydroxyl groups excluding tert-OH is 1. The summed E-state index contributed by atoms with van der Waals surface area (Å²) >= 11 is 0. The molecule has 3 fully saturated rings. The van der Waals surface area contributed by atoms with Crippen LogP contribution in [-0.4, -0.2) is 93.6 Å². The van der Waals surface area contributed by atoms with Gasteiger partial charge in [0.15, 0.2) is 0 Å². The number of ether oxygens (including phenoxy) is 1. The number of aliphatic hydroxyl groups is 1. The third kappa shape index (κ3) is 5.43. The molecule has 39 heavy (non-hydrogen) atoms. The number of carbonyl (C=O) groups excluding carboxylic acids is 3. The Balaban J connectivity index is 2.13. The smallest absolute Gasteiger partial charge is 0.248 e.